The minimum absolute atomic E-state index is 0. The predicted octanol–water partition coefficient (Wildman–Crippen LogP) is 0.770. The van der Waals surface area contributed by atoms with Gasteiger partial charge in [-0.3, -0.25) is 9.35 Å². The summed E-state index contributed by atoms with van der Waals surface area (Å²) in [7, 11) is -3.93. The SMILES string of the molecule is CCCC(=O)OCCCS(=O)(=O)O.N. The van der Waals surface area contributed by atoms with Crippen LogP contribution in [-0.4, -0.2) is 31.3 Å². The molecule has 4 N–H and O–H groups in total. The molecule has 0 spiro atoms. The molecule has 0 atom stereocenters. The summed E-state index contributed by atoms with van der Waals surface area (Å²) in [5.41, 5.74) is 0. The van der Waals surface area contributed by atoms with Crippen LogP contribution < -0.4 is 6.15 Å². The van der Waals surface area contributed by atoms with E-state index >= 15 is 0 Å². The molecule has 0 unspecified atom stereocenters. The highest BCUT2D eigenvalue weighted by atomic mass is 32.2. The Bertz CT molecular complexity index is 249. The highest BCUT2D eigenvalue weighted by Crippen LogP contribution is 1.94. The summed E-state index contributed by atoms with van der Waals surface area (Å²) in [4.78, 5) is 10.7. The summed E-state index contributed by atoms with van der Waals surface area (Å²) < 4.78 is 33.4. The summed E-state index contributed by atoms with van der Waals surface area (Å²) in [6.07, 6.45) is 1.18. The van der Waals surface area contributed by atoms with Crippen molar-refractivity contribution in [1.29, 1.82) is 0 Å². The van der Waals surface area contributed by atoms with E-state index in [-0.39, 0.29) is 30.9 Å². The molecule has 0 radical (unpaired) electrons. The van der Waals surface area contributed by atoms with Crippen LogP contribution in [0.5, 0.6) is 0 Å². The predicted molar refractivity (Wildman–Crippen MR) is 51.9 cm³/mol. The second-order valence-corrected chi connectivity index (χ2v) is 4.18. The summed E-state index contributed by atoms with van der Waals surface area (Å²) in [6, 6.07) is 0. The molecular formula is C7H17NO5S. The quantitative estimate of drug-likeness (QED) is 0.393. The van der Waals surface area contributed by atoms with Crippen LogP contribution in [0.25, 0.3) is 0 Å². The molecule has 0 saturated heterocycles. The number of carbonyl (C=O) groups is 1. The maximum atomic E-state index is 10.7. The number of hydrogen-bond acceptors (Lipinski definition) is 5. The van der Waals surface area contributed by atoms with E-state index < -0.39 is 10.1 Å². The molecule has 0 bridgehead atoms. The normalized spacial score (nSPS) is 10.4. The number of hydrogen-bond donors (Lipinski definition) is 2. The minimum Gasteiger partial charge on any atom is -0.466 e. The number of ether oxygens (including phenoxy) is 1. The van der Waals surface area contributed by atoms with Gasteiger partial charge in [0, 0.05) is 6.42 Å². The van der Waals surface area contributed by atoms with Gasteiger partial charge in [-0.05, 0) is 12.8 Å². The Morgan fingerprint density at radius 2 is 2.00 bits per heavy atom. The highest BCUT2D eigenvalue weighted by molar-refractivity contribution is 7.85. The molecule has 0 fully saturated rings. The third-order valence-corrected chi connectivity index (χ3v) is 2.07. The lowest BCUT2D eigenvalue weighted by Gasteiger charge is -2.01. The van der Waals surface area contributed by atoms with Gasteiger partial charge in [-0.15, -0.1) is 0 Å². The van der Waals surface area contributed by atoms with Crippen molar-refractivity contribution in [2.75, 3.05) is 12.4 Å². The second kappa shape index (κ2) is 7.72. The second-order valence-electron chi connectivity index (χ2n) is 2.61. The van der Waals surface area contributed by atoms with Crippen LogP contribution in [0.4, 0.5) is 0 Å². The molecule has 7 heteroatoms. The van der Waals surface area contributed by atoms with Gasteiger partial charge in [0.15, 0.2) is 0 Å². The number of rotatable bonds is 6. The van der Waals surface area contributed by atoms with E-state index in [0.29, 0.717) is 12.8 Å². The Kier molecular flexibility index (Phi) is 8.71. The summed E-state index contributed by atoms with van der Waals surface area (Å²) in [6.45, 7) is 1.89. The van der Waals surface area contributed by atoms with Crippen molar-refractivity contribution in [1.82, 2.24) is 6.15 Å². The van der Waals surface area contributed by atoms with E-state index in [9.17, 15) is 13.2 Å². The topological polar surface area (TPSA) is 116 Å². The first-order chi connectivity index (χ1) is 5.95. The molecule has 0 heterocycles. The first-order valence-corrected chi connectivity index (χ1v) is 5.67. The van der Waals surface area contributed by atoms with Crippen LogP contribution in [0.2, 0.25) is 0 Å². The molecule has 0 aromatic carbocycles. The van der Waals surface area contributed by atoms with E-state index in [1.165, 1.54) is 0 Å². The van der Waals surface area contributed by atoms with Gasteiger partial charge in [-0.25, -0.2) is 0 Å². The van der Waals surface area contributed by atoms with Crippen molar-refractivity contribution in [2.45, 2.75) is 26.2 Å². The van der Waals surface area contributed by atoms with E-state index in [0.717, 1.165) is 0 Å². The smallest absolute Gasteiger partial charge is 0.305 e. The zero-order valence-electron chi connectivity index (χ0n) is 8.23. The van der Waals surface area contributed by atoms with Gasteiger partial charge in [0.05, 0.1) is 12.4 Å². The number of esters is 1. The molecular weight excluding hydrogens is 210 g/mol. The van der Waals surface area contributed by atoms with E-state index in [1.54, 1.807) is 0 Å². The zero-order valence-corrected chi connectivity index (χ0v) is 9.05. The average Bonchev–Trinajstić information content (AvgIpc) is 1.97. The van der Waals surface area contributed by atoms with Gasteiger partial charge in [-0.2, -0.15) is 8.42 Å². The van der Waals surface area contributed by atoms with E-state index in [1.807, 2.05) is 6.92 Å². The Morgan fingerprint density at radius 3 is 2.43 bits per heavy atom. The zero-order chi connectivity index (χ0) is 10.3. The van der Waals surface area contributed by atoms with E-state index in [4.69, 9.17) is 4.55 Å². The number of carbonyl (C=O) groups excluding carboxylic acids is 1. The van der Waals surface area contributed by atoms with Crippen molar-refractivity contribution in [3.8, 4) is 0 Å². The molecule has 0 aliphatic rings. The van der Waals surface area contributed by atoms with Crippen LogP contribution in [0, 0.1) is 0 Å². The standard InChI is InChI=1S/C7H14O5S.H3N/c1-2-4-7(8)12-5-3-6-13(9,10)11;/h2-6H2,1H3,(H,9,10,11);1H3. The molecule has 6 nitrogen and oxygen atoms in total. The Labute approximate surface area is 84.0 Å². The molecule has 0 aromatic heterocycles. The third-order valence-electron chi connectivity index (χ3n) is 1.26. The fraction of sp³-hybridized carbons (Fsp3) is 0.857. The molecule has 0 rings (SSSR count). The van der Waals surface area contributed by atoms with Crippen molar-refractivity contribution >= 4 is 16.1 Å². The molecule has 0 aromatic rings. The lowest BCUT2D eigenvalue weighted by Crippen LogP contribution is -2.10. The van der Waals surface area contributed by atoms with Crippen LogP contribution in [0.3, 0.4) is 0 Å². The lowest BCUT2D eigenvalue weighted by atomic mass is 10.3. The van der Waals surface area contributed by atoms with Gasteiger partial charge >= 0.3 is 5.97 Å². The summed E-state index contributed by atoms with van der Waals surface area (Å²) in [5, 5.41) is 0. The first-order valence-electron chi connectivity index (χ1n) is 4.06. The first kappa shape index (κ1) is 15.8. The fourth-order valence-corrected chi connectivity index (χ4v) is 1.19. The Hall–Kier alpha value is -0.660. The maximum absolute atomic E-state index is 10.7. The monoisotopic (exact) mass is 227 g/mol. The van der Waals surface area contributed by atoms with Crippen LogP contribution >= 0.6 is 0 Å². The van der Waals surface area contributed by atoms with E-state index in [2.05, 4.69) is 4.74 Å². The van der Waals surface area contributed by atoms with Crippen molar-refractivity contribution in [3.63, 3.8) is 0 Å². The van der Waals surface area contributed by atoms with Crippen LogP contribution in [0.1, 0.15) is 26.2 Å². The molecule has 0 amide bonds. The van der Waals surface area contributed by atoms with Gasteiger partial charge in [-0.1, -0.05) is 6.92 Å². The molecule has 0 aliphatic carbocycles. The Morgan fingerprint density at radius 1 is 1.43 bits per heavy atom. The minimum atomic E-state index is -3.93. The van der Waals surface area contributed by atoms with Gasteiger partial charge in [0.1, 0.15) is 0 Å². The molecule has 0 aliphatic heterocycles. The fourth-order valence-electron chi connectivity index (χ4n) is 0.704. The van der Waals surface area contributed by atoms with Gasteiger partial charge in [0.25, 0.3) is 10.1 Å². The molecule has 14 heavy (non-hydrogen) atoms. The largest absolute Gasteiger partial charge is 0.466 e. The third kappa shape index (κ3) is 11.3. The van der Waals surface area contributed by atoms with Gasteiger partial charge < -0.3 is 10.9 Å². The summed E-state index contributed by atoms with van der Waals surface area (Å²) in [5.74, 6) is -0.704. The van der Waals surface area contributed by atoms with Crippen molar-refractivity contribution in [2.24, 2.45) is 0 Å². The summed E-state index contributed by atoms with van der Waals surface area (Å²) >= 11 is 0. The Balaban J connectivity index is 0. The molecule has 86 valence electrons. The van der Waals surface area contributed by atoms with Crippen LogP contribution in [-0.2, 0) is 19.6 Å². The van der Waals surface area contributed by atoms with Crippen LogP contribution in [0.15, 0.2) is 0 Å². The van der Waals surface area contributed by atoms with Gasteiger partial charge in [0.2, 0.25) is 0 Å². The molecule has 0 saturated carbocycles. The van der Waals surface area contributed by atoms with Crippen molar-refractivity contribution in [3.05, 3.63) is 0 Å². The van der Waals surface area contributed by atoms with Crippen molar-refractivity contribution < 1.29 is 22.5 Å². The lowest BCUT2D eigenvalue weighted by molar-refractivity contribution is -0.143. The maximum Gasteiger partial charge on any atom is 0.305 e. The highest BCUT2D eigenvalue weighted by Gasteiger charge is 2.05. The average molecular weight is 227 g/mol.